The summed E-state index contributed by atoms with van der Waals surface area (Å²) >= 11 is 0. The molecule has 1 aliphatic carbocycles. The van der Waals surface area contributed by atoms with Gasteiger partial charge in [0.1, 0.15) is 11.5 Å². The third-order valence-corrected chi connectivity index (χ3v) is 4.13. The number of methoxy groups -OCH3 is 2. The number of carbonyl (C=O) groups is 1. The summed E-state index contributed by atoms with van der Waals surface area (Å²) in [6, 6.07) is 13.8. The number of allylic oxidation sites excluding steroid dienone is 2. The van der Waals surface area contributed by atoms with Crippen LogP contribution in [0.2, 0.25) is 0 Å². The number of carbonyl (C=O) groups excluding carboxylic acids is 1. The summed E-state index contributed by atoms with van der Waals surface area (Å²) in [5.74, 6) is 1.65. The fourth-order valence-corrected chi connectivity index (χ4v) is 2.95. The van der Waals surface area contributed by atoms with Crippen LogP contribution in [-0.2, 0) is 11.2 Å². The van der Waals surface area contributed by atoms with Crippen LogP contribution >= 0.6 is 0 Å². The van der Waals surface area contributed by atoms with Gasteiger partial charge in [0.25, 0.3) is 0 Å². The van der Waals surface area contributed by atoms with Crippen LogP contribution in [0.3, 0.4) is 0 Å². The van der Waals surface area contributed by atoms with Gasteiger partial charge in [-0.25, -0.2) is 0 Å². The molecule has 0 saturated carbocycles. The molecule has 0 aromatic heterocycles. The minimum absolute atomic E-state index is 0.772. The molecule has 0 heterocycles. The maximum absolute atomic E-state index is 11.7. The molecule has 112 valence electrons. The van der Waals surface area contributed by atoms with Crippen LogP contribution in [0, 0.1) is 0 Å². The van der Waals surface area contributed by atoms with Crippen LogP contribution in [0.4, 0.5) is 0 Å². The Kier molecular flexibility index (Phi) is 3.96. The van der Waals surface area contributed by atoms with E-state index in [-0.39, 0.29) is 0 Å². The van der Waals surface area contributed by atoms with Gasteiger partial charge in [0.2, 0.25) is 0 Å². The summed E-state index contributed by atoms with van der Waals surface area (Å²) in [6.45, 7) is 0. The molecule has 3 nitrogen and oxygen atoms in total. The molecule has 0 amide bonds. The monoisotopic (exact) mass is 294 g/mol. The Hall–Kier alpha value is -2.55. The number of hydrogen-bond donors (Lipinski definition) is 0. The normalized spacial score (nSPS) is 13.5. The molecule has 0 atom stereocenters. The van der Waals surface area contributed by atoms with E-state index < -0.39 is 0 Å². The summed E-state index contributed by atoms with van der Waals surface area (Å²) in [5.41, 5.74) is 5.11. The lowest BCUT2D eigenvalue weighted by Gasteiger charge is -2.21. The highest BCUT2D eigenvalue weighted by Crippen LogP contribution is 2.37. The van der Waals surface area contributed by atoms with Gasteiger partial charge in [0.15, 0.2) is 6.29 Å². The summed E-state index contributed by atoms with van der Waals surface area (Å²) in [6.07, 6.45) is 2.72. The molecular weight excluding hydrogens is 276 g/mol. The molecule has 0 bridgehead atoms. The molecule has 22 heavy (non-hydrogen) atoms. The Morgan fingerprint density at radius 3 is 2.23 bits per heavy atom. The van der Waals surface area contributed by atoms with Crippen molar-refractivity contribution in [1.29, 1.82) is 0 Å². The topological polar surface area (TPSA) is 35.5 Å². The third-order valence-electron chi connectivity index (χ3n) is 4.13. The number of aryl methyl sites for hydroxylation is 1. The van der Waals surface area contributed by atoms with Crippen molar-refractivity contribution in [1.82, 2.24) is 0 Å². The van der Waals surface area contributed by atoms with Crippen LogP contribution in [-0.4, -0.2) is 20.5 Å². The average Bonchev–Trinajstić information content (AvgIpc) is 2.60. The van der Waals surface area contributed by atoms with Gasteiger partial charge in [-0.2, -0.15) is 0 Å². The number of aldehydes is 1. The molecule has 0 spiro atoms. The van der Waals surface area contributed by atoms with Gasteiger partial charge in [0.05, 0.1) is 14.2 Å². The quantitative estimate of drug-likeness (QED) is 0.805. The van der Waals surface area contributed by atoms with Crippen molar-refractivity contribution in [3.8, 4) is 11.5 Å². The second kappa shape index (κ2) is 6.06. The Bertz CT molecular complexity index is 727. The molecule has 0 saturated heterocycles. The fourth-order valence-electron chi connectivity index (χ4n) is 2.95. The minimum atomic E-state index is 0.772. The molecule has 0 fully saturated rings. The van der Waals surface area contributed by atoms with E-state index in [4.69, 9.17) is 9.47 Å². The molecule has 2 aromatic rings. The summed E-state index contributed by atoms with van der Waals surface area (Å²) in [7, 11) is 3.30. The SMILES string of the molecule is COc1ccc(C2=C(C=O)c3ccc(OC)cc3CC2)cc1. The number of hydrogen-bond acceptors (Lipinski definition) is 3. The van der Waals surface area contributed by atoms with Crippen molar-refractivity contribution >= 4 is 17.4 Å². The highest BCUT2D eigenvalue weighted by atomic mass is 16.5. The maximum atomic E-state index is 11.7. The third kappa shape index (κ3) is 2.50. The average molecular weight is 294 g/mol. The second-order valence-corrected chi connectivity index (χ2v) is 5.26. The molecular formula is C19H18O3. The molecule has 1 aliphatic rings. The van der Waals surface area contributed by atoms with Crippen LogP contribution in [0.5, 0.6) is 11.5 Å². The van der Waals surface area contributed by atoms with E-state index in [1.165, 1.54) is 5.56 Å². The van der Waals surface area contributed by atoms with Gasteiger partial charge in [-0.1, -0.05) is 18.2 Å². The van der Waals surface area contributed by atoms with Crippen molar-refractivity contribution in [2.45, 2.75) is 12.8 Å². The minimum Gasteiger partial charge on any atom is -0.497 e. The first kappa shape index (κ1) is 14.4. The van der Waals surface area contributed by atoms with Gasteiger partial charge in [-0.3, -0.25) is 4.79 Å². The van der Waals surface area contributed by atoms with Crippen molar-refractivity contribution < 1.29 is 14.3 Å². The maximum Gasteiger partial charge on any atom is 0.150 e. The first-order valence-electron chi connectivity index (χ1n) is 7.27. The Morgan fingerprint density at radius 1 is 0.909 bits per heavy atom. The zero-order chi connectivity index (χ0) is 15.5. The molecule has 2 aromatic carbocycles. The molecule has 0 radical (unpaired) electrons. The fraction of sp³-hybridized carbons (Fsp3) is 0.211. The number of ether oxygens (including phenoxy) is 2. The highest BCUT2D eigenvalue weighted by Gasteiger charge is 2.20. The lowest BCUT2D eigenvalue weighted by atomic mass is 9.83. The molecule has 3 rings (SSSR count). The predicted octanol–water partition coefficient (Wildman–Crippen LogP) is 3.76. The summed E-state index contributed by atoms with van der Waals surface area (Å²) in [4.78, 5) is 11.7. The lowest BCUT2D eigenvalue weighted by Crippen LogP contribution is -2.06. The number of fused-ring (bicyclic) bond motifs is 1. The van der Waals surface area contributed by atoms with Crippen molar-refractivity contribution in [3.63, 3.8) is 0 Å². The van der Waals surface area contributed by atoms with E-state index in [1.807, 2.05) is 42.5 Å². The van der Waals surface area contributed by atoms with Crippen molar-refractivity contribution in [2.24, 2.45) is 0 Å². The van der Waals surface area contributed by atoms with Crippen LogP contribution in [0.25, 0.3) is 11.1 Å². The Balaban J connectivity index is 2.08. The van der Waals surface area contributed by atoms with Crippen molar-refractivity contribution in [2.75, 3.05) is 14.2 Å². The van der Waals surface area contributed by atoms with Gasteiger partial charge in [-0.15, -0.1) is 0 Å². The van der Waals surface area contributed by atoms with Crippen LogP contribution in [0.15, 0.2) is 42.5 Å². The van der Waals surface area contributed by atoms with E-state index in [0.717, 1.165) is 52.9 Å². The summed E-state index contributed by atoms with van der Waals surface area (Å²) < 4.78 is 10.5. The van der Waals surface area contributed by atoms with Crippen LogP contribution < -0.4 is 9.47 Å². The summed E-state index contributed by atoms with van der Waals surface area (Å²) in [5, 5.41) is 0. The highest BCUT2D eigenvalue weighted by molar-refractivity contribution is 6.18. The van der Waals surface area contributed by atoms with Gasteiger partial charge >= 0.3 is 0 Å². The molecule has 3 heteroatoms. The number of benzene rings is 2. The second-order valence-electron chi connectivity index (χ2n) is 5.26. The number of rotatable bonds is 4. The van der Waals surface area contributed by atoms with E-state index >= 15 is 0 Å². The molecule has 0 N–H and O–H groups in total. The zero-order valence-electron chi connectivity index (χ0n) is 12.8. The lowest BCUT2D eigenvalue weighted by molar-refractivity contribution is -0.103. The van der Waals surface area contributed by atoms with E-state index in [9.17, 15) is 4.79 Å². The van der Waals surface area contributed by atoms with Gasteiger partial charge < -0.3 is 9.47 Å². The van der Waals surface area contributed by atoms with E-state index in [0.29, 0.717) is 0 Å². The largest absolute Gasteiger partial charge is 0.497 e. The molecule has 0 unspecified atom stereocenters. The molecule has 0 aliphatic heterocycles. The van der Waals surface area contributed by atoms with E-state index in [1.54, 1.807) is 14.2 Å². The Morgan fingerprint density at radius 2 is 1.59 bits per heavy atom. The van der Waals surface area contributed by atoms with E-state index in [2.05, 4.69) is 0 Å². The predicted molar refractivity (Wildman–Crippen MR) is 87.2 cm³/mol. The first-order valence-corrected chi connectivity index (χ1v) is 7.27. The zero-order valence-corrected chi connectivity index (χ0v) is 12.8. The van der Waals surface area contributed by atoms with Crippen molar-refractivity contribution in [3.05, 3.63) is 59.2 Å². The van der Waals surface area contributed by atoms with Gasteiger partial charge in [-0.05, 0) is 59.4 Å². The first-order chi connectivity index (χ1) is 10.8. The van der Waals surface area contributed by atoms with Gasteiger partial charge in [0, 0.05) is 5.57 Å². The smallest absolute Gasteiger partial charge is 0.150 e. The van der Waals surface area contributed by atoms with Crippen LogP contribution in [0.1, 0.15) is 23.1 Å². The standard InChI is InChI=1S/C19H18O3/c1-21-15-6-3-13(4-7-15)17-9-5-14-11-16(22-2)8-10-18(14)19(17)12-20/h3-4,6-8,10-12H,5,9H2,1-2H3. The Labute approximate surface area is 130 Å².